The Hall–Kier alpha value is -2.80. The molecule has 0 radical (unpaired) electrons. The summed E-state index contributed by atoms with van der Waals surface area (Å²) in [5.74, 6) is -0.294. The lowest BCUT2D eigenvalue weighted by Gasteiger charge is -2.23. The van der Waals surface area contributed by atoms with Crippen molar-refractivity contribution < 1.29 is 17.9 Å². The fourth-order valence-corrected chi connectivity index (χ4v) is 3.50. The summed E-state index contributed by atoms with van der Waals surface area (Å²) in [6.45, 7) is 3.37. The number of hydrogen-bond acceptors (Lipinski definition) is 4. The molecule has 0 spiro atoms. The quantitative estimate of drug-likeness (QED) is 0.740. The first-order valence-electron chi connectivity index (χ1n) is 7.15. The van der Waals surface area contributed by atoms with E-state index in [0.717, 1.165) is 4.31 Å². The molecular formula is C17H18N2O4S. The summed E-state index contributed by atoms with van der Waals surface area (Å²) >= 11 is 0. The topological polar surface area (TPSA) is 89.7 Å². The van der Waals surface area contributed by atoms with E-state index in [-0.39, 0.29) is 11.5 Å². The molecule has 6 nitrogen and oxygen atoms in total. The number of rotatable bonds is 8. The average molecular weight is 346 g/mol. The number of carbonyl (C=O) groups is 1. The van der Waals surface area contributed by atoms with Crippen molar-refractivity contribution in [1.29, 1.82) is 0 Å². The molecule has 0 unspecified atom stereocenters. The minimum absolute atomic E-state index is 0.0728. The largest absolute Gasteiger partial charge is 0.489 e. The molecule has 1 amide bonds. The second-order valence-electron chi connectivity index (χ2n) is 4.89. The second-order valence-corrected chi connectivity index (χ2v) is 6.75. The van der Waals surface area contributed by atoms with Gasteiger partial charge in [0.05, 0.1) is 10.6 Å². The maximum atomic E-state index is 12.9. The third kappa shape index (κ3) is 4.14. The van der Waals surface area contributed by atoms with E-state index in [1.165, 1.54) is 18.2 Å². The maximum Gasteiger partial charge on any atom is 0.264 e. The van der Waals surface area contributed by atoms with Gasteiger partial charge in [0.15, 0.2) is 0 Å². The highest BCUT2D eigenvalue weighted by atomic mass is 32.2. The number of nitrogens with zero attached hydrogens (tertiary/aromatic N) is 1. The third-order valence-corrected chi connectivity index (χ3v) is 4.89. The summed E-state index contributed by atoms with van der Waals surface area (Å²) in [5.41, 5.74) is 5.53. The number of sulfonamides is 1. The van der Waals surface area contributed by atoms with Crippen LogP contribution in [0, 0.1) is 0 Å². The van der Waals surface area contributed by atoms with Crippen LogP contribution in [0.15, 0.2) is 72.1 Å². The van der Waals surface area contributed by atoms with Crippen LogP contribution in [-0.2, 0) is 14.8 Å². The third-order valence-electron chi connectivity index (χ3n) is 3.10. The molecule has 2 aromatic carbocycles. The van der Waals surface area contributed by atoms with Crippen LogP contribution < -0.4 is 14.8 Å². The van der Waals surface area contributed by atoms with E-state index in [0.29, 0.717) is 11.4 Å². The molecular weight excluding hydrogens is 328 g/mol. The molecule has 0 bridgehead atoms. The van der Waals surface area contributed by atoms with Gasteiger partial charge in [-0.15, -0.1) is 0 Å². The van der Waals surface area contributed by atoms with Gasteiger partial charge in [0.25, 0.3) is 10.0 Å². The Morgan fingerprint density at radius 3 is 2.50 bits per heavy atom. The lowest BCUT2D eigenvalue weighted by atomic mass is 10.3. The van der Waals surface area contributed by atoms with E-state index < -0.39 is 22.5 Å². The summed E-state index contributed by atoms with van der Waals surface area (Å²) in [6, 6.07) is 14.3. The second kappa shape index (κ2) is 7.65. The summed E-state index contributed by atoms with van der Waals surface area (Å²) in [7, 11) is -3.93. The number of anilines is 1. The molecule has 2 N–H and O–H groups in total. The number of ether oxygens (including phenoxy) is 1. The van der Waals surface area contributed by atoms with Crippen molar-refractivity contribution in [3.63, 3.8) is 0 Å². The molecule has 7 heteroatoms. The Morgan fingerprint density at radius 2 is 1.88 bits per heavy atom. The first kappa shape index (κ1) is 17.6. The Kier molecular flexibility index (Phi) is 5.59. The van der Waals surface area contributed by atoms with E-state index in [1.807, 2.05) is 0 Å². The fraction of sp³-hybridized carbons (Fsp3) is 0.118. The minimum atomic E-state index is -3.93. The molecule has 126 valence electrons. The van der Waals surface area contributed by atoms with E-state index in [1.54, 1.807) is 42.5 Å². The zero-order chi connectivity index (χ0) is 17.6. The van der Waals surface area contributed by atoms with Crippen LogP contribution in [0.2, 0.25) is 0 Å². The van der Waals surface area contributed by atoms with Crippen molar-refractivity contribution in [1.82, 2.24) is 0 Å². The molecule has 0 saturated carbocycles. The Bertz CT molecular complexity index is 819. The summed E-state index contributed by atoms with van der Waals surface area (Å²) in [4.78, 5) is 11.5. The van der Waals surface area contributed by atoms with E-state index in [4.69, 9.17) is 10.5 Å². The SMILES string of the molecule is C=CCOc1cccc(N(CC(N)=O)S(=O)(=O)c2ccccc2)c1. The Morgan fingerprint density at radius 1 is 1.17 bits per heavy atom. The molecule has 0 fully saturated rings. The smallest absolute Gasteiger partial charge is 0.264 e. The molecule has 0 heterocycles. The standard InChI is InChI=1S/C17H18N2O4S/c1-2-11-23-15-8-6-7-14(12-15)19(13-17(18)20)24(21,22)16-9-4-3-5-10-16/h2-10,12H,1,11,13H2,(H2,18,20). The van der Waals surface area contributed by atoms with Crippen LogP contribution in [0.1, 0.15) is 0 Å². The molecule has 0 aliphatic rings. The summed E-state index contributed by atoms with van der Waals surface area (Å²) in [5, 5.41) is 0. The number of amides is 1. The number of primary amides is 1. The highest BCUT2D eigenvalue weighted by Gasteiger charge is 2.26. The number of hydrogen-bond donors (Lipinski definition) is 1. The van der Waals surface area contributed by atoms with Gasteiger partial charge in [-0.05, 0) is 24.3 Å². The van der Waals surface area contributed by atoms with Crippen LogP contribution >= 0.6 is 0 Å². The van der Waals surface area contributed by atoms with Gasteiger partial charge in [-0.2, -0.15) is 0 Å². The fourth-order valence-electron chi connectivity index (χ4n) is 2.06. The summed E-state index contributed by atoms with van der Waals surface area (Å²) in [6.07, 6.45) is 1.58. The van der Waals surface area contributed by atoms with Gasteiger partial charge in [-0.25, -0.2) is 8.42 Å². The molecule has 24 heavy (non-hydrogen) atoms. The lowest BCUT2D eigenvalue weighted by Crippen LogP contribution is -2.38. The van der Waals surface area contributed by atoms with E-state index >= 15 is 0 Å². The van der Waals surface area contributed by atoms with Crippen molar-refractivity contribution in [2.24, 2.45) is 5.73 Å². The van der Waals surface area contributed by atoms with Gasteiger partial charge in [-0.3, -0.25) is 9.10 Å². The minimum Gasteiger partial charge on any atom is -0.489 e. The van der Waals surface area contributed by atoms with Crippen molar-refractivity contribution >= 4 is 21.6 Å². The monoisotopic (exact) mass is 346 g/mol. The highest BCUT2D eigenvalue weighted by molar-refractivity contribution is 7.92. The Balaban J connectivity index is 2.46. The molecule has 0 aromatic heterocycles. The maximum absolute atomic E-state index is 12.9. The molecule has 0 atom stereocenters. The van der Waals surface area contributed by atoms with Crippen molar-refractivity contribution in [2.45, 2.75) is 4.90 Å². The predicted molar refractivity (Wildman–Crippen MR) is 92.3 cm³/mol. The van der Waals surface area contributed by atoms with Gasteiger partial charge in [0.2, 0.25) is 5.91 Å². The van der Waals surface area contributed by atoms with Crippen LogP contribution in [0.5, 0.6) is 5.75 Å². The molecule has 0 aliphatic heterocycles. The molecule has 2 rings (SSSR count). The molecule has 2 aromatic rings. The first-order valence-corrected chi connectivity index (χ1v) is 8.59. The summed E-state index contributed by atoms with van der Waals surface area (Å²) < 4.78 is 32.1. The highest BCUT2D eigenvalue weighted by Crippen LogP contribution is 2.26. The van der Waals surface area contributed by atoms with E-state index in [2.05, 4.69) is 6.58 Å². The number of benzene rings is 2. The van der Waals surface area contributed by atoms with Gasteiger partial charge < -0.3 is 10.5 Å². The number of carbonyl (C=O) groups excluding carboxylic acids is 1. The van der Waals surface area contributed by atoms with Crippen LogP contribution in [0.4, 0.5) is 5.69 Å². The van der Waals surface area contributed by atoms with Crippen LogP contribution in [-0.4, -0.2) is 27.5 Å². The number of nitrogens with two attached hydrogens (primary N) is 1. The average Bonchev–Trinajstić information content (AvgIpc) is 2.58. The van der Waals surface area contributed by atoms with Crippen molar-refractivity contribution in [3.05, 3.63) is 67.3 Å². The van der Waals surface area contributed by atoms with Gasteiger partial charge in [-0.1, -0.05) is 36.9 Å². The van der Waals surface area contributed by atoms with Gasteiger partial charge in [0.1, 0.15) is 18.9 Å². The lowest BCUT2D eigenvalue weighted by molar-refractivity contribution is -0.116. The molecule has 0 aliphatic carbocycles. The van der Waals surface area contributed by atoms with Crippen LogP contribution in [0.25, 0.3) is 0 Å². The Labute approximate surface area is 141 Å². The normalized spacial score (nSPS) is 10.8. The van der Waals surface area contributed by atoms with Gasteiger partial charge in [0, 0.05) is 6.07 Å². The zero-order valence-corrected chi connectivity index (χ0v) is 13.8. The predicted octanol–water partition coefficient (Wildman–Crippen LogP) is 1.93. The van der Waals surface area contributed by atoms with Gasteiger partial charge >= 0.3 is 0 Å². The van der Waals surface area contributed by atoms with Crippen LogP contribution in [0.3, 0.4) is 0 Å². The molecule has 0 saturated heterocycles. The van der Waals surface area contributed by atoms with Crippen molar-refractivity contribution in [3.8, 4) is 5.75 Å². The zero-order valence-electron chi connectivity index (χ0n) is 13.0. The first-order chi connectivity index (χ1) is 11.4. The van der Waals surface area contributed by atoms with E-state index in [9.17, 15) is 13.2 Å². The van der Waals surface area contributed by atoms with Crippen molar-refractivity contribution in [2.75, 3.05) is 17.5 Å².